The number of benzene rings is 1. The fraction of sp³-hybridized carbons (Fsp3) is 0.353. The van der Waals surface area contributed by atoms with Crippen molar-refractivity contribution in [3.8, 4) is 0 Å². The molecule has 1 saturated heterocycles. The summed E-state index contributed by atoms with van der Waals surface area (Å²) in [5.74, 6) is 0.157. The average molecular weight is 300 g/mol. The number of hydrogen-bond acceptors (Lipinski definition) is 3. The molecule has 0 saturated carbocycles. The van der Waals surface area contributed by atoms with Crippen LogP contribution in [0, 0.1) is 0 Å². The molecule has 1 atom stereocenters. The smallest absolute Gasteiger partial charge is 0.240 e. The summed E-state index contributed by atoms with van der Waals surface area (Å²) in [7, 11) is 1.86. The molecular formula is C17H20N2OS. The molecular weight excluding hydrogens is 280 g/mol. The summed E-state index contributed by atoms with van der Waals surface area (Å²) in [6.07, 6.45) is 2.33. The van der Waals surface area contributed by atoms with E-state index in [4.69, 9.17) is 0 Å². The minimum atomic E-state index is 0.157. The third-order valence-corrected chi connectivity index (χ3v) is 5.06. The van der Waals surface area contributed by atoms with Crippen molar-refractivity contribution in [2.45, 2.75) is 18.9 Å². The Balaban J connectivity index is 1.67. The van der Waals surface area contributed by atoms with Crippen LogP contribution in [0.15, 0.2) is 47.8 Å². The molecule has 0 bridgehead atoms. The van der Waals surface area contributed by atoms with E-state index in [-0.39, 0.29) is 5.91 Å². The second-order valence-electron chi connectivity index (χ2n) is 5.43. The van der Waals surface area contributed by atoms with Gasteiger partial charge in [-0.2, -0.15) is 0 Å². The molecule has 1 aliphatic heterocycles. The Bertz CT molecular complexity index is 582. The van der Waals surface area contributed by atoms with E-state index < -0.39 is 0 Å². The highest BCUT2D eigenvalue weighted by Gasteiger charge is 2.29. The van der Waals surface area contributed by atoms with E-state index in [2.05, 4.69) is 22.4 Å². The zero-order valence-corrected chi connectivity index (χ0v) is 13.1. The van der Waals surface area contributed by atoms with E-state index in [9.17, 15) is 4.79 Å². The number of likely N-dealkylation sites (tertiary alicyclic amines) is 1. The van der Waals surface area contributed by atoms with Crippen molar-refractivity contribution < 1.29 is 4.79 Å². The zero-order valence-electron chi connectivity index (χ0n) is 12.2. The van der Waals surface area contributed by atoms with Crippen molar-refractivity contribution in [1.29, 1.82) is 0 Å². The van der Waals surface area contributed by atoms with Gasteiger partial charge in [-0.15, -0.1) is 11.3 Å². The largest absolute Gasteiger partial charge is 0.314 e. The van der Waals surface area contributed by atoms with E-state index in [0.29, 0.717) is 12.6 Å². The van der Waals surface area contributed by atoms with E-state index in [1.807, 2.05) is 37.4 Å². The lowest BCUT2D eigenvalue weighted by Gasteiger charge is -2.26. The maximum Gasteiger partial charge on any atom is 0.240 e. The quantitative estimate of drug-likeness (QED) is 0.862. The van der Waals surface area contributed by atoms with Crippen molar-refractivity contribution in [1.82, 2.24) is 4.90 Å². The molecule has 2 aromatic rings. The van der Waals surface area contributed by atoms with Crippen LogP contribution >= 0.6 is 11.3 Å². The lowest BCUT2D eigenvalue weighted by atomic mass is 10.2. The number of para-hydroxylation sites is 1. The van der Waals surface area contributed by atoms with Gasteiger partial charge in [0.2, 0.25) is 5.91 Å². The lowest BCUT2D eigenvalue weighted by Crippen LogP contribution is -2.38. The molecule has 2 heterocycles. The summed E-state index contributed by atoms with van der Waals surface area (Å²) >= 11 is 1.79. The Morgan fingerprint density at radius 2 is 2.10 bits per heavy atom. The van der Waals surface area contributed by atoms with Gasteiger partial charge < -0.3 is 4.90 Å². The lowest BCUT2D eigenvalue weighted by molar-refractivity contribution is -0.119. The van der Waals surface area contributed by atoms with Gasteiger partial charge in [0.25, 0.3) is 0 Å². The molecule has 1 aromatic carbocycles. The van der Waals surface area contributed by atoms with Crippen molar-refractivity contribution in [3.05, 3.63) is 52.7 Å². The Labute approximate surface area is 129 Å². The van der Waals surface area contributed by atoms with Crippen molar-refractivity contribution in [2.24, 2.45) is 0 Å². The predicted octanol–water partition coefficient (Wildman–Crippen LogP) is 3.55. The van der Waals surface area contributed by atoms with Crippen LogP contribution in [0.4, 0.5) is 5.69 Å². The molecule has 0 aliphatic carbocycles. The SMILES string of the molecule is CN(C(=O)CN1CCC[C@H]1c1cccs1)c1ccccc1. The third kappa shape index (κ3) is 3.17. The molecule has 0 unspecified atom stereocenters. The molecule has 1 aliphatic rings. The third-order valence-electron chi connectivity index (χ3n) is 4.09. The number of nitrogens with zero attached hydrogens (tertiary/aromatic N) is 2. The van der Waals surface area contributed by atoms with E-state index in [1.165, 1.54) is 11.3 Å². The first-order valence-electron chi connectivity index (χ1n) is 7.35. The van der Waals surface area contributed by atoms with Crippen LogP contribution in [-0.4, -0.2) is 30.9 Å². The number of anilines is 1. The maximum absolute atomic E-state index is 12.5. The van der Waals surface area contributed by atoms with E-state index in [1.54, 1.807) is 16.2 Å². The number of likely N-dealkylation sites (N-methyl/N-ethyl adjacent to an activating group) is 1. The van der Waals surface area contributed by atoms with E-state index >= 15 is 0 Å². The molecule has 0 radical (unpaired) electrons. The second-order valence-corrected chi connectivity index (χ2v) is 6.41. The fourth-order valence-electron chi connectivity index (χ4n) is 2.89. The topological polar surface area (TPSA) is 23.6 Å². The number of carbonyl (C=O) groups is 1. The summed E-state index contributed by atoms with van der Waals surface area (Å²) in [5.41, 5.74) is 0.953. The second kappa shape index (κ2) is 6.41. The van der Waals surface area contributed by atoms with Crippen molar-refractivity contribution in [2.75, 3.05) is 25.0 Å². The Kier molecular flexibility index (Phi) is 4.36. The summed E-state index contributed by atoms with van der Waals surface area (Å²) < 4.78 is 0. The molecule has 110 valence electrons. The van der Waals surface area contributed by atoms with Crippen LogP contribution in [0.2, 0.25) is 0 Å². The molecule has 1 aromatic heterocycles. The van der Waals surface area contributed by atoms with Gasteiger partial charge in [-0.05, 0) is 43.0 Å². The minimum absolute atomic E-state index is 0.157. The van der Waals surface area contributed by atoms with Crippen LogP contribution in [0.25, 0.3) is 0 Å². The monoisotopic (exact) mass is 300 g/mol. The first-order valence-corrected chi connectivity index (χ1v) is 8.23. The van der Waals surface area contributed by atoms with Gasteiger partial charge in [0.15, 0.2) is 0 Å². The summed E-state index contributed by atoms with van der Waals surface area (Å²) in [6.45, 7) is 1.50. The number of hydrogen-bond donors (Lipinski definition) is 0. The summed E-state index contributed by atoms with van der Waals surface area (Å²) in [5, 5.41) is 2.11. The molecule has 0 N–H and O–H groups in total. The molecule has 1 amide bonds. The highest BCUT2D eigenvalue weighted by atomic mass is 32.1. The van der Waals surface area contributed by atoms with Gasteiger partial charge >= 0.3 is 0 Å². The van der Waals surface area contributed by atoms with E-state index in [0.717, 1.165) is 18.7 Å². The van der Waals surface area contributed by atoms with Gasteiger partial charge in [-0.25, -0.2) is 0 Å². The van der Waals surface area contributed by atoms with Crippen LogP contribution in [0.5, 0.6) is 0 Å². The number of amides is 1. The Morgan fingerprint density at radius 3 is 2.81 bits per heavy atom. The van der Waals surface area contributed by atoms with Gasteiger partial charge in [-0.3, -0.25) is 9.69 Å². The van der Waals surface area contributed by atoms with Crippen molar-refractivity contribution >= 4 is 22.9 Å². The average Bonchev–Trinajstić information content (AvgIpc) is 3.18. The first kappa shape index (κ1) is 14.3. The van der Waals surface area contributed by atoms with Crippen LogP contribution < -0.4 is 4.90 Å². The minimum Gasteiger partial charge on any atom is -0.314 e. The van der Waals surface area contributed by atoms with Crippen LogP contribution in [0.1, 0.15) is 23.8 Å². The molecule has 4 heteroatoms. The molecule has 0 spiro atoms. The predicted molar refractivity (Wildman–Crippen MR) is 87.7 cm³/mol. The summed E-state index contributed by atoms with van der Waals surface area (Å²) in [6, 6.07) is 14.5. The standard InChI is InChI=1S/C17H20N2OS/c1-18(14-7-3-2-4-8-14)17(20)13-19-11-5-9-15(19)16-10-6-12-21-16/h2-4,6-8,10,12,15H,5,9,11,13H2,1H3/t15-/m0/s1. The van der Waals surface area contributed by atoms with Gasteiger partial charge in [0, 0.05) is 23.7 Å². The molecule has 21 heavy (non-hydrogen) atoms. The van der Waals surface area contributed by atoms with Crippen LogP contribution in [0.3, 0.4) is 0 Å². The van der Waals surface area contributed by atoms with Crippen molar-refractivity contribution in [3.63, 3.8) is 0 Å². The summed E-state index contributed by atoms with van der Waals surface area (Å²) in [4.78, 5) is 17.9. The van der Waals surface area contributed by atoms with Gasteiger partial charge in [0.05, 0.1) is 6.54 Å². The zero-order chi connectivity index (χ0) is 14.7. The normalized spacial score (nSPS) is 18.8. The molecule has 1 fully saturated rings. The maximum atomic E-state index is 12.5. The Morgan fingerprint density at radius 1 is 1.29 bits per heavy atom. The number of rotatable bonds is 4. The molecule has 3 nitrogen and oxygen atoms in total. The van der Waals surface area contributed by atoms with Crippen LogP contribution in [-0.2, 0) is 4.79 Å². The number of thiophene rings is 1. The van der Waals surface area contributed by atoms with Gasteiger partial charge in [0.1, 0.15) is 0 Å². The Hall–Kier alpha value is -1.65. The first-order chi connectivity index (χ1) is 10.3. The molecule has 3 rings (SSSR count). The van der Waals surface area contributed by atoms with Gasteiger partial charge in [-0.1, -0.05) is 24.3 Å². The highest BCUT2D eigenvalue weighted by Crippen LogP contribution is 2.34. The fourth-order valence-corrected chi connectivity index (χ4v) is 3.79. The number of carbonyl (C=O) groups excluding carboxylic acids is 1. The highest BCUT2D eigenvalue weighted by molar-refractivity contribution is 7.10.